The third-order valence-electron chi connectivity index (χ3n) is 4.61. The van der Waals surface area contributed by atoms with E-state index in [-0.39, 0.29) is 16.4 Å². The molecule has 0 radical (unpaired) electrons. The first-order valence-corrected chi connectivity index (χ1v) is 10.6. The Morgan fingerprint density at radius 1 is 1.12 bits per heavy atom. The van der Waals surface area contributed by atoms with Crippen LogP contribution in [0.2, 0.25) is 0 Å². The van der Waals surface area contributed by atoms with Gasteiger partial charge in [-0.15, -0.1) is 0 Å². The second-order valence-electron chi connectivity index (χ2n) is 7.01. The maximum absolute atomic E-state index is 13.3. The predicted octanol–water partition coefficient (Wildman–Crippen LogP) is 2.99. The number of carboxylic acids is 1. The molecule has 0 heterocycles. The van der Waals surface area contributed by atoms with E-state index in [1.807, 2.05) is 13.8 Å². The second kappa shape index (κ2) is 9.48. The van der Waals surface area contributed by atoms with Crippen molar-refractivity contribution in [3.8, 4) is 0 Å². The van der Waals surface area contributed by atoms with Gasteiger partial charge in [0.25, 0.3) is 0 Å². The Bertz CT molecular complexity index is 725. The molecule has 148 valence electrons. The van der Waals surface area contributed by atoms with Gasteiger partial charge in [-0.25, -0.2) is 13.2 Å². The summed E-state index contributed by atoms with van der Waals surface area (Å²) in [5, 5.41) is 9.30. The third-order valence-corrected chi connectivity index (χ3v) is 6.60. The van der Waals surface area contributed by atoms with E-state index >= 15 is 0 Å². The van der Waals surface area contributed by atoms with Crippen molar-refractivity contribution in [1.82, 2.24) is 9.21 Å². The number of benzene rings is 1. The van der Waals surface area contributed by atoms with Gasteiger partial charge in [0.1, 0.15) is 0 Å². The topological polar surface area (TPSA) is 77.9 Å². The average molecular weight is 385 g/mol. The zero-order valence-corrected chi connectivity index (χ0v) is 17.6. The molecule has 0 atom stereocenters. The number of likely N-dealkylation sites (N-methyl/N-ethyl adjacent to an activating group) is 1. The van der Waals surface area contributed by atoms with E-state index in [0.717, 1.165) is 13.1 Å². The monoisotopic (exact) mass is 384 g/mol. The van der Waals surface area contributed by atoms with Gasteiger partial charge in [-0.1, -0.05) is 27.7 Å². The fourth-order valence-corrected chi connectivity index (χ4v) is 4.79. The van der Waals surface area contributed by atoms with Crippen LogP contribution in [0.15, 0.2) is 17.0 Å². The molecule has 0 saturated heterocycles. The van der Waals surface area contributed by atoms with Crippen LogP contribution in [-0.2, 0) is 10.0 Å². The van der Waals surface area contributed by atoms with E-state index in [1.165, 1.54) is 16.4 Å². The molecule has 0 spiro atoms. The number of carbonyl (C=O) groups is 1. The van der Waals surface area contributed by atoms with Crippen molar-refractivity contribution in [2.75, 3.05) is 32.7 Å². The molecule has 0 aromatic heterocycles. The number of sulfonamides is 1. The van der Waals surface area contributed by atoms with Crippen molar-refractivity contribution < 1.29 is 18.3 Å². The first-order chi connectivity index (χ1) is 12.0. The number of rotatable bonds is 10. The van der Waals surface area contributed by atoms with Crippen LogP contribution < -0.4 is 0 Å². The molecule has 0 amide bonds. The minimum absolute atomic E-state index is 0.0000788. The summed E-state index contributed by atoms with van der Waals surface area (Å²) in [5.41, 5.74) is 1.27. The van der Waals surface area contributed by atoms with E-state index in [9.17, 15) is 18.3 Å². The van der Waals surface area contributed by atoms with Gasteiger partial charge in [0.05, 0.1) is 10.5 Å². The number of hydrogen-bond acceptors (Lipinski definition) is 4. The second-order valence-corrected chi connectivity index (χ2v) is 8.91. The van der Waals surface area contributed by atoms with E-state index < -0.39 is 16.0 Å². The summed E-state index contributed by atoms with van der Waals surface area (Å²) in [5.74, 6) is -0.950. The molecule has 0 aliphatic carbocycles. The van der Waals surface area contributed by atoms with Crippen LogP contribution in [-0.4, -0.2) is 61.4 Å². The summed E-state index contributed by atoms with van der Waals surface area (Å²) in [6.07, 6.45) is 0. The third kappa shape index (κ3) is 5.53. The Labute approximate surface area is 157 Å². The molecule has 7 heteroatoms. The summed E-state index contributed by atoms with van der Waals surface area (Å²) in [6.45, 7) is 14.7. The fourth-order valence-electron chi connectivity index (χ4n) is 2.87. The summed E-state index contributed by atoms with van der Waals surface area (Å²) < 4.78 is 28.1. The van der Waals surface area contributed by atoms with Gasteiger partial charge in [-0.05, 0) is 56.1 Å². The standard InChI is InChI=1S/C19H32N2O4S/c1-7-20(8-2)9-10-21(13-14(3)4)26(24,25)18-12-17(19(22)23)11-15(5)16(18)6/h11-12,14H,7-10,13H2,1-6H3,(H,22,23). The quantitative estimate of drug-likeness (QED) is 0.671. The van der Waals surface area contributed by atoms with Crippen LogP contribution >= 0.6 is 0 Å². The maximum Gasteiger partial charge on any atom is 0.335 e. The van der Waals surface area contributed by atoms with Crippen LogP contribution in [0.5, 0.6) is 0 Å². The lowest BCUT2D eigenvalue weighted by molar-refractivity contribution is 0.0696. The fraction of sp³-hybridized carbons (Fsp3) is 0.632. The van der Waals surface area contributed by atoms with Crippen LogP contribution in [0, 0.1) is 19.8 Å². The molecular formula is C19H32N2O4S. The summed E-state index contributed by atoms with van der Waals surface area (Å²) in [7, 11) is -3.77. The zero-order chi connectivity index (χ0) is 20.1. The van der Waals surface area contributed by atoms with Crippen molar-refractivity contribution in [3.63, 3.8) is 0 Å². The molecule has 0 saturated carbocycles. The molecule has 1 aromatic carbocycles. The lowest BCUT2D eigenvalue weighted by Gasteiger charge is -2.28. The summed E-state index contributed by atoms with van der Waals surface area (Å²) in [6, 6.07) is 2.80. The summed E-state index contributed by atoms with van der Waals surface area (Å²) >= 11 is 0. The number of hydrogen-bond donors (Lipinski definition) is 1. The maximum atomic E-state index is 13.3. The highest BCUT2D eigenvalue weighted by Gasteiger charge is 2.28. The van der Waals surface area contributed by atoms with Crippen LogP contribution in [0.3, 0.4) is 0 Å². The molecule has 1 aromatic rings. The number of carboxylic acid groups (broad SMARTS) is 1. The van der Waals surface area contributed by atoms with Gasteiger partial charge in [0.2, 0.25) is 10.0 Å². The van der Waals surface area contributed by atoms with Gasteiger partial charge in [-0.2, -0.15) is 4.31 Å². The van der Waals surface area contributed by atoms with Crippen molar-refractivity contribution in [2.45, 2.75) is 46.4 Å². The van der Waals surface area contributed by atoms with Gasteiger partial charge in [0, 0.05) is 19.6 Å². The van der Waals surface area contributed by atoms with Gasteiger partial charge < -0.3 is 10.0 Å². The van der Waals surface area contributed by atoms with Gasteiger partial charge >= 0.3 is 5.97 Å². The van der Waals surface area contributed by atoms with Crippen molar-refractivity contribution >= 4 is 16.0 Å². The molecule has 26 heavy (non-hydrogen) atoms. The largest absolute Gasteiger partial charge is 0.478 e. The molecule has 0 aliphatic heterocycles. The number of aromatic carboxylic acids is 1. The molecule has 0 bridgehead atoms. The summed E-state index contributed by atoms with van der Waals surface area (Å²) in [4.78, 5) is 13.6. The lowest BCUT2D eigenvalue weighted by atomic mass is 10.1. The van der Waals surface area contributed by atoms with E-state index in [0.29, 0.717) is 30.8 Å². The average Bonchev–Trinajstić information content (AvgIpc) is 2.56. The van der Waals surface area contributed by atoms with E-state index in [1.54, 1.807) is 13.8 Å². The van der Waals surface area contributed by atoms with Gasteiger partial charge in [-0.3, -0.25) is 0 Å². The van der Waals surface area contributed by atoms with Crippen LogP contribution in [0.1, 0.15) is 49.2 Å². The first kappa shape index (κ1) is 22.6. The SMILES string of the molecule is CCN(CC)CCN(CC(C)C)S(=O)(=O)c1cc(C(=O)O)cc(C)c1C. The van der Waals surface area contributed by atoms with Crippen LogP contribution in [0.25, 0.3) is 0 Å². The Kier molecular flexibility index (Phi) is 8.24. The van der Waals surface area contributed by atoms with Gasteiger partial charge in [0.15, 0.2) is 0 Å². The number of nitrogens with zero attached hydrogens (tertiary/aromatic N) is 2. The highest BCUT2D eigenvalue weighted by Crippen LogP contribution is 2.25. The lowest BCUT2D eigenvalue weighted by Crippen LogP contribution is -2.40. The molecule has 0 aliphatic rings. The molecule has 1 rings (SSSR count). The smallest absolute Gasteiger partial charge is 0.335 e. The highest BCUT2D eigenvalue weighted by molar-refractivity contribution is 7.89. The van der Waals surface area contributed by atoms with E-state index in [4.69, 9.17) is 0 Å². The Hall–Kier alpha value is -1.44. The molecule has 1 N–H and O–H groups in total. The van der Waals surface area contributed by atoms with Crippen molar-refractivity contribution in [3.05, 3.63) is 28.8 Å². The zero-order valence-electron chi connectivity index (χ0n) is 16.7. The van der Waals surface area contributed by atoms with Crippen LogP contribution in [0.4, 0.5) is 0 Å². The van der Waals surface area contributed by atoms with Crippen molar-refractivity contribution in [2.24, 2.45) is 5.92 Å². The minimum Gasteiger partial charge on any atom is -0.478 e. The Morgan fingerprint density at radius 3 is 2.15 bits per heavy atom. The Morgan fingerprint density at radius 2 is 1.69 bits per heavy atom. The molecule has 6 nitrogen and oxygen atoms in total. The molecular weight excluding hydrogens is 352 g/mol. The Balaban J connectivity index is 3.33. The first-order valence-electron chi connectivity index (χ1n) is 9.11. The minimum atomic E-state index is -3.77. The number of aryl methyl sites for hydroxylation is 1. The highest BCUT2D eigenvalue weighted by atomic mass is 32.2. The normalized spacial score (nSPS) is 12.3. The molecule has 0 fully saturated rings. The predicted molar refractivity (Wildman–Crippen MR) is 104 cm³/mol. The van der Waals surface area contributed by atoms with E-state index in [2.05, 4.69) is 18.7 Å². The molecule has 0 unspecified atom stereocenters. The van der Waals surface area contributed by atoms with Crippen molar-refractivity contribution in [1.29, 1.82) is 0 Å².